The minimum atomic E-state index is 0.162. The van der Waals surface area contributed by atoms with Gasteiger partial charge in [0.1, 0.15) is 11.4 Å². The second-order valence-corrected chi connectivity index (χ2v) is 9.00. The van der Waals surface area contributed by atoms with E-state index in [9.17, 15) is 0 Å². The normalized spacial score (nSPS) is 13.7. The van der Waals surface area contributed by atoms with Crippen LogP contribution < -0.4 is 4.74 Å². The molecule has 33 heavy (non-hydrogen) atoms. The van der Waals surface area contributed by atoms with E-state index < -0.39 is 0 Å². The number of imidazole rings is 1. The maximum atomic E-state index is 5.78. The van der Waals surface area contributed by atoms with E-state index in [0.717, 1.165) is 28.2 Å². The standard InChI is InChI=1S/C28H26N4O/c1-19(2)33-26-12-7-22(8-13-26)27-16-29-28-14-9-23(17-31(27)28)20-3-5-21(6-4-20)24-15-30-32(18-24)25-10-11-25/h3-9,12-19,25H,10-11H2,1-2H3. The summed E-state index contributed by atoms with van der Waals surface area (Å²) in [6.45, 7) is 4.07. The number of ether oxygens (including phenoxy) is 1. The number of pyridine rings is 1. The molecule has 0 bridgehead atoms. The molecule has 0 radical (unpaired) electrons. The number of hydrogen-bond donors (Lipinski definition) is 0. The van der Waals surface area contributed by atoms with Crippen molar-refractivity contribution in [3.8, 4) is 39.3 Å². The van der Waals surface area contributed by atoms with E-state index in [-0.39, 0.29) is 6.10 Å². The zero-order valence-electron chi connectivity index (χ0n) is 18.8. The van der Waals surface area contributed by atoms with Crippen molar-refractivity contribution in [2.45, 2.75) is 38.8 Å². The van der Waals surface area contributed by atoms with Crippen molar-refractivity contribution in [1.82, 2.24) is 19.2 Å². The average Bonchev–Trinajstić information content (AvgIpc) is 3.41. The summed E-state index contributed by atoms with van der Waals surface area (Å²) in [6.07, 6.45) is 10.9. The summed E-state index contributed by atoms with van der Waals surface area (Å²) in [5.41, 5.74) is 7.80. The number of benzene rings is 2. The van der Waals surface area contributed by atoms with E-state index in [1.54, 1.807) is 0 Å². The van der Waals surface area contributed by atoms with Crippen LogP contribution in [0.25, 0.3) is 39.2 Å². The Bertz CT molecular complexity index is 1410. The number of rotatable bonds is 6. The first-order valence-corrected chi connectivity index (χ1v) is 11.5. The van der Waals surface area contributed by atoms with Gasteiger partial charge in [-0.2, -0.15) is 5.10 Å². The SMILES string of the molecule is CC(C)Oc1ccc(-c2cnc3ccc(-c4ccc(-c5cnn(C6CC6)c5)cc4)cn23)cc1. The smallest absolute Gasteiger partial charge is 0.137 e. The molecular weight excluding hydrogens is 408 g/mol. The number of hydrogen-bond acceptors (Lipinski definition) is 3. The third kappa shape index (κ3) is 3.91. The molecule has 0 N–H and O–H groups in total. The van der Waals surface area contributed by atoms with Crippen molar-refractivity contribution in [1.29, 1.82) is 0 Å². The van der Waals surface area contributed by atoms with Crippen LogP contribution in [0.5, 0.6) is 5.75 Å². The maximum Gasteiger partial charge on any atom is 0.137 e. The Balaban J connectivity index is 1.29. The Morgan fingerprint density at radius 1 is 0.758 bits per heavy atom. The molecule has 164 valence electrons. The van der Waals surface area contributed by atoms with Gasteiger partial charge in [-0.15, -0.1) is 0 Å². The third-order valence-corrected chi connectivity index (χ3v) is 6.10. The Morgan fingerprint density at radius 2 is 1.42 bits per heavy atom. The third-order valence-electron chi connectivity index (χ3n) is 6.10. The monoisotopic (exact) mass is 434 g/mol. The lowest BCUT2D eigenvalue weighted by Crippen LogP contribution is -2.05. The van der Waals surface area contributed by atoms with Crippen LogP contribution in [0.15, 0.2) is 85.5 Å². The largest absolute Gasteiger partial charge is 0.491 e. The zero-order chi connectivity index (χ0) is 22.4. The lowest BCUT2D eigenvalue weighted by molar-refractivity contribution is 0.242. The van der Waals surface area contributed by atoms with Crippen LogP contribution in [0.2, 0.25) is 0 Å². The minimum absolute atomic E-state index is 0.162. The van der Waals surface area contributed by atoms with Gasteiger partial charge in [0.25, 0.3) is 0 Å². The molecule has 6 rings (SSSR count). The first kappa shape index (κ1) is 19.8. The first-order chi connectivity index (χ1) is 16.1. The van der Waals surface area contributed by atoms with E-state index >= 15 is 0 Å². The van der Waals surface area contributed by atoms with Crippen molar-refractivity contribution in [3.63, 3.8) is 0 Å². The highest BCUT2D eigenvalue weighted by Gasteiger charge is 2.24. The predicted octanol–water partition coefficient (Wildman–Crippen LogP) is 6.65. The van der Waals surface area contributed by atoms with Crippen molar-refractivity contribution in [2.75, 3.05) is 0 Å². The van der Waals surface area contributed by atoms with E-state index in [0.29, 0.717) is 6.04 Å². The first-order valence-electron chi connectivity index (χ1n) is 11.5. The van der Waals surface area contributed by atoms with Gasteiger partial charge in [0.2, 0.25) is 0 Å². The van der Waals surface area contributed by atoms with Gasteiger partial charge in [0, 0.05) is 23.5 Å². The number of nitrogens with zero attached hydrogens (tertiary/aromatic N) is 4. The van der Waals surface area contributed by atoms with E-state index in [1.165, 1.54) is 29.5 Å². The molecule has 2 aromatic carbocycles. The molecule has 5 nitrogen and oxygen atoms in total. The van der Waals surface area contributed by atoms with E-state index in [1.807, 2.05) is 38.4 Å². The van der Waals surface area contributed by atoms with Gasteiger partial charge in [-0.25, -0.2) is 4.98 Å². The fourth-order valence-corrected chi connectivity index (χ4v) is 4.22. The van der Waals surface area contributed by atoms with Crippen molar-refractivity contribution in [2.24, 2.45) is 0 Å². The Morgan fingerprint density at radius 3 is 2.12 bits per heavy atom. The molecule has 5 aromatic rings. The predicted molar refractivity (Wildman–Crippen MR) is 131 cm³/mol. The Kier molecular flexibility index (Phi) is 4.75. The van der Waals surface area contributed by atoms with Gasteiger partial charge in [-0.05, 0) is 79.8 Å². The second kappa shape index (κ2) is 7.93. The van der Waals surface area contributed by atoms with Crippen LogP contribution in [0, 0.1) is 0 Å². The average molecular weight is 435 g/mol. The zero-order valence-corrected chi connectivity index (χ0v) is 18.8. The van der Waals surface area contributed by atoms with Crippen molar-refractivity contribution >= 4 is 5.65 Å². The van der Waals surface area contributed by atoms with E-state index in [4.69, 9.17) is 4.74 Å². The van der Waals surface area contributed by atoms with Gasteiger partial charge in [0.15, 0.2) is 0 Å². The summed E-state index contributed by atoms with van der Waals surface area (Å²) in [4.78, 5) is 4.60. The van der Waals surface area contributed by atoms with Crippen LogP contribution in [-0.4, -0.2) is 25.3 Å². The molecule has 1 aliphatic rings. The summed E-state index contributed by atoms with van der Waals surface area (Å²) < 4.78 is 10.0. The second-order valence-electron chi connectivity index (χ2n) is 9.00. The number of fused-ring (bicyclic) bond motifs is 1. The molecule has 3 aromatic heterocycles. The van der Waals surface area contributed by atoms with Crippen LogP contribution in [0.3, 0.4) is 0 Å². The van der Waals surface area contributed by atoms with Crippen molar-refractivity contribution in [3.05, 3.63) is 85.5 Å². The lowest BCUT2D eigenvalue weighted by Gasteiger charge is -2.10. The highest BCUT2D eigenvalue weighted by atomic mass is 16.5. The summed E-state index contributed by atoms with van der Waals surface area (Å²) >= 11 is 0. The molecule has 0 amide bonds. The summed E-state index contributed by atoms with van der Waals surface area (Å²) in [5, 5.41) is 4.52. The molecule has 0 saturated heterocycles. The van der Waals surface area contributed by atoms with E-state index in [2.05, 4.69) is 80.1 Å². The highest BCUT2D eigenvalue weighted by Crippen LogP contribution is 2.35. The van der Waals surface area contributed by atoms with Crippen LogP contribution in [-0.2, 0) is 0 Å². The molecule has 0 aliphatic heterocycles. The van der Waals surface area contributed by atoms with Crippen LogP contribution in [0.4, 0.5) is 0 Å². The minimum Gasteiger partial charge on any atom is -0.491 e. The summed E-state index contributed by atoms with van der Waals surface area (Å²) in [5.74, 6) is 0.881. The summed E-state index contributed by atoms with van der Waals surface area (Å²) in [7, 11) is 0. The quantitative estimate of drug-likeness (QED) is 0.300. The lowest BCUT2D eigenvalue weighted by atomic mass is 10.0. The maximum absolute atomic E-state index is 5.78. The molecule has 1 fully saturated rings. The Labute approximate surface area is 193 Å². The van der Waals surface area contributed by atoms with Gasteiger partial charge < -0.3 is 4.74 Å². The molecule has 1 saturated carbocycles. The van der Waals surface area contributed by atoms with Gasteiger partial charge >= 0.3 is 0 Å². The number of aromatic nitrogens is 4. The summed E-state index contributed by atoms with van der Waals surface area (Å²) in [6, 6.07) is 21.7. The topological polar surface area (TPSA) is 44.4 Å². The molecular formula is C28H26N4O. The molecule has 0 atom stereocenters. The fraction of sp³-hybridized carbons (Fsp3) is 0.214. The molecule has 1 aliphatic carbocycles. The van der Waals surface area contributed by atoms with Crippen LogP contribution >= 0.6 is 0 Å². The van der Waals surface area contributed by atoms with Crippen LogP contribution in [0.1, 0.15) is 32.7 Å². The molecule has 5 heteroatoms. The van der Waals surface area contributed by atoms with Crippen molar-refractivity contribution < 1.29 is 4.74 Å². The van der Waals surface area contributed by atoms with Gasteiger partial charge in [0.05, 0.1) is 30.2 Å². The molecule has 0 unspecified atom stereocenters. The van der Waals surface area contributed by atoms with Gasteiger partial charge in [-0.3, -0.25) is 9.08 Å². The molecule has 0 spiro atoms. The molecule has 3 heterocycles. The highest BCUT2D eigenvalue weighted by molar-refractivity contribution is 5.72. The fourth-order valence-electron chi connectivity index (χ4n) is 4.22. The van der Waals surface area contributed by atoms with Gasteiger partial charge in [-0.1, -0.05) is 24.3 Å². The Hall–Kier alpha value is -3.86.